The third kappa shape index (κ3) is 4.13. The second-order valence-corrected chi connectivity index (χ2v) is 4.53. The van der Waals surface area contributed by atoms with Gasteiger partial charge in [0.15, 0.2) is 0 Å². The number of hydrogen-bond donors (Lipinski definition) is 1. The summed E-state index contributed by atoms with van der Waals surface area (Å²) in [6, 6.07) is 0. The van der Waals surface area contributed by atoms with E-state index in [1.165, 1.54) is 11.5 Å². The quantitative estimate of drug-likeness (QED) is 0.806. The van der Waals surface area contributed by atoms with Gasteiger partial charge in [-0.1, -0.05) is 6.92 Å². The summed E-state index contributed by atoms with van der Waals surface area (Å²) in [5, 5.41) is 10.1. The van der Waals surface area contributed by atoms with Crippen molar-refractivity contribution in [1.29, 1.82) is 0 Å². The topological polar surface area (TPSA) is 49.2 Å². The lowest BCUT2D eigenvalue weighted by atomic mass is 10.3. The van der Waals surface area contributed by atoms with Gasteiger partial charge in [0.1, 0.15) is 5.82 Å². The van der Waals surface area contributed by atoms with Crippen LogP contribution in [0.15, 0.2) is 0 Å². The second-order valence-electron chi connectivity index (χ2n) is 3.80. The van der Waals surface area contributed by atoms with Gasteiger partial charge in [0, 0.05) is 31.5 Å². The van der Waals surface area contributed by atoms with Gasteiger partial charge in [0.25, 0.3) is 0 Å². The van der Waals surface area contributed by atoms with Crippen molar-refractivity contribution in [2.24, 2.45) is 0 Å². The smallest absolute Gasteiger partial charge is 0.204 e. The highest BCUT2D eigenvalue weighted by atomic mass is 32.1. The predicted molar refractivity (Wildman–Crippen MR) is 63.5 cm³/mol. The molecule has 0 saturated carbocycles. The van der Waals surface area contributed by atoms with E-state index in [2.05, 4.69) is 16.3 Å². The van der Waals surface area contributed by atoms with E-state index >= 15 is 0 Å². The Morgan fingerprint density at radius 1 is 1.53 bits per heavy atom. The van der Waals surface area contributed by atoms with Crippen LogP contribution in [-0.2, 0) is 6.42 Å². The first-order valence-corrected chi connectivity index (χ1v) is 6.12. The van der Waals surface area contributed by atoms with E-state index in [4.69, 9.17) is 0 Å². The molecule has 5 heteroatoms. The van der Waals surface area contributed by atoms with E-state index < -0.39 is 0 Å². The molecular formula is C10H19N3OS. The maximum absolute atomic E-state index is 9.18. The monoisotopic (exact) mass is 229 g/mol. The molecule has 4 nitrogen and oxygen atoms in total. The molecule has 1 heterocycles. The van der Waals surface area contributed by atoms with Gasteiger partial charge in [0.2, 0.25) is 5.13 Å². The number of rotatable bonds is 6. The molecule has 1 aromatic heterocycles. The van der Waals surface area contributed by atoms with Gasteiger partial charge in [-0.15, -0.1) is 0 Å². The number of aliphatic hydroxyl groups is 1. The van der Waals surface area contributed by atoms with E-state index in [9.17, 15) is 5.11 Å². The van der Waals surface area contributed by atoms with Crippen LogP contribution >= 0.6 is 11.5 Å². The third-order valence-electron chi connectivity index (χ3n) is 2.14. The summed E-state index contributed by atoms with van der Waals surface area (Å²) in [6.45, 7) is 4.74. The van der Waals surface area contributed by atoms with Crippen LogP contribution in [0.5, 0.6) is 0 Å². The first-order chi connectivity index (χ1) is 7.13. The Kier molecular flexibility index (Phi) is 4.98. The Morgan fingerprint density at radius 3 is 2.87 bits per heavy atom. The lowest BCUT2D eigenvalue weighted by Crippen LogP contribution is -2.21. The molecule has 0 aromatic carbocycles. The minimum absolute atomic E-state index is 0.254. The Bertz CT molecular complexity index is 288. The first-order valence-electron chi connectivity index (χ1n) is 5.35. The van der Waals surface area contributed by atoms with Crippen LogP contribution in [0.2, 0.25) is 0 Å². The molecular weight excluding hydrogens is 210 g/mol. The van der Waals surface area contributed by atoms with Gasteiger partial charge in [-0.25, -0.2) is 4.98 Å². The van der Waals surface area contributed by atoms with Crippen LogP contribution in [0.3, 0.4) is 0 Å². The molecule has 0 spiro atoms. The van der Waals surface area contributed by atoms with E-state index in [-0.39, 0.29) is 6.10 Å². The van der Waals surface area contributed by atoms with Crippen LogP contribution < -0.4 is 4.90 Å². The number of nitrogens with zero attached hydrogens (tertiary/aromatic N) is 3. The standard InChI is InChI=1S/C10H19N3OS/c1-4-5-9-11-10(15-12-9)13(3)7-6-8(2)14/h8,14H,4-7H2,1-3H3. The van der Waals surface area contributed by atoms with Gasteiger partial charge >= 0.3 is 0 Å². The lowest BCUT2D eigenvalue weighted by molar-refractivity contribution is 0.187. The van der Waals surface area contributed by atoms with Gasteiger partial charge in [-0.3, -0.25) is 0 Å². The van der Waals surface area contributed by atoms with Crippen molar-refractivity contribution in [2.75, 3.05) is 18.5 Å². The number of anilines is 1. The molecule has 0 aliphatic carbocycles. The number of hydrogen-bond acceptors (Lipinski definition) is 5. The fourth-order valence-corrected chi connectivity index (χ4v) is 1.90. The molecule has 15 heavy (non-hydrogen) atoms. The van der Waals surface area contributed by atoms with Crippen molar-refractivity contribution < 1.29 is 5.11 Å². The molecule has 1 atom stereocenters. The molecule has 0 saturated heterocycles. The number of aromatic nitrogens is 2. The minimum atomic E-state index is -0.254. The van der Waals surface area contributed by atoms with Crippen molar-refractivity contribution in [3.8, 4) is 0 Å². The summed E-state index contributed by atoms with van der Waals surface area (Å²) in [5.41, 5.74) is 0. The van der Waals surface area contributed by atoms with Crippen molar-refractivity contribution in [1.82, 2.24) is 9.36 Å². The maximum Gasteiger partial charge on any atom is 0.204 e. The molecule has 0 amide bonds. The van der Waals surface area contributed by atoms with E-state index in [1.807, 2.05) is 11.9 Å². The summed E-state index contributed by atoms with van der Waals surface area (Å²) in [7, 11) is 1.98. The van der Waals surface area contributed by atoms with Gasteiger partial charge < -0.3 is 10.0 Å². The number of aliphatic hydroxyl groups excluding tert-OH is 1. The summed E-state index contributed by atoms with van der Waals surface area (Å²) in [6.07, 6.45) is 2.53. The zero-order valence-electron chi connectivity index (χ0n) is 9.60. The molecule has 1 N–H and O–H groups in total. The van der Waals surface area contributed by atoms with Crippen molar-refractivity contribution in [3.63, 3.8) is 0 Å². The maximum atomic E-state index is 9.18. The van der Waals surface area contributed by atoms with Gasteiger partial charge in [-0.2, -0.15) is 4.37 Å². The molecule has 1 aromatic rings. The van der Waals surface area contributed by atoms with Crippen LogP contribution in [0.25, 0.3) is 0 Å². The fraction of sp³-hybridized carbons (Fsp3) is 0.800. The minimum Gasteiger partial charge on any atom is -0.393 e. The van der Waals surface area contributed by atoms with Crippen LogP contribution in [0.4, 0.5) is 5.13 Å². The van der Waals surface area contributed by atoms with Crippen LogP contribution in [0.1, 0.15) is 32.5 Å². The van der Waals surface area contributed by atoms with E-state index in [1.54, 1.807) is 6.92 Å². The largest absolute Gasteiger partial charge is 0.393 e. The zero-order chi connectivity index (χ0) is 11.3. The first kappa shape index (κ1) is 12.4. The van der Waals surface area contributed by atoms with Crippen LogP contribution in [0, 0.1) is 0 Å². The number of aryl methyl sites for hydroxylation is 1. The second kappa shape index (κ2) is 6.02. The summed E-state index contributed by atoms with van der Waals surface area (Å²) < 4.78 is 4.28. The summed E-state index contributed by atoms with van der Waals surface area (Å²) >= 11 is 1.43. The van der Waals surface area contributed by atoms with Gasteiger partial charge in [-0.05, 0) is 19.8 Å². The lowest BCUT2D eigenvalue weighted by Gasteiger charge is -2.15. The van der Waals surface area contributed by atoms with Crippen molar-refractivity contribution in [3.05, 3.63) is 5.82 Å². The van der Waals surface area contributed by atoms with Crippen LogP contribution in [-0.4, -0.2) is 34.2 Å². The Morgan fingerprint density at radius 2 is 2.27 bits per heavy atom. The third-order valence-corrected chi connectivity index (χ3v) is 3.01. The molecule has 1 rings (SSSR count). The molecule has 0 aliphatic heterocycles. The molecule has 0 radical (unpaired) electrons. The van der Waals surface area contributed by atoms with E-state index in [0.717, 1.165) is 36.8 Å². The molecule has 0 bridgehead atoms. The molecule has 0 aliphatic rings. The van der Waals surface area contributed by atoms with Gasteiger partial charge in [0.05, 0.1) is 6.10 Å². The SMILES string of the molecule is CCCc1nsc(N(C)CCC(C)O)n1. The zero-order valence-corrected chi connectivity index (χ0v) is 10.4. The molecule has 1 unspecified atom stereocenters. The highest BCUT2D eigenvalue weighted by Gasteiger charge is 2.08. The summed E-state index contributed by atoms with van der Waals surface area (Å²) in [5.74, 6) is 0.932. The van der Waals surface area contributed by atoms with E-state index in [0.29, 0.717) is 0 Å². The Balaban J connectivity index is 2.46. The average Bonchev–Trinajstić information content (AvgIpc) is 2.63. The Hall–Kier alpha value is -0.680. The fourth-order valence-electron chi connectivity index (χ4n) is 1.20. The van der Waals surface area contributed by atoms with Crippen molar-refractivity contribution >= 4 is 16.7 Å². The Labute approximate surface area is 95.1 Å². The predicted octanol–water partition coefficient (Wildman–Crippen LogP) is 1.70. The van der Waals surface area contributed by atoms with Crippen molar-refractivity contribution in [2.45, 2.75) is 39.2 Å². The molecule has 0 fully saturated rings. The molecule has 86 valence electrons. The normalized spacial score (nSPS) is 12.8. The highest BCUT2D eigenvalue weighted by Crippen LogP contribution is 2.16. The highest BCUT2D eigenvalue weighted by molar-refractivity contribution is 7.09. The average molecular weight is 229 g/mol. The summed E-state index contributed by atoms with van der Waals surface area (Å²) in [4.78, 5) is 6.47.